The lowest BCUT2D eigenvalue weighted by atomic mass is 10.1. The molecule has 1 aromatic carbocycles. The molecule has 5 nitrogen and oxygen atoms in total. The van der Waals surface area contributed by atoms with Gasteiger partial charge in [-0.1, -0.05) is 0 Å². The first-order valence-electron chi connectivity index (χ1n) is 5.93. The van der Waals surface area contributed by atoms with Crippen LogP contribution in [0.1, 0.15) is 5.56 Å². The van der Waals surface area contributed by atoms with E-state index >= 15 is 0 Å². The zero-order valence-electron chi connectivity index (χ0n) is 10.8. The molecule has 0 atom stereocenters. The van der Waals surface area contributed by atoms with Crippen LogP contribution in [-0.2, 0) is 0 Å². The summed E-state index contributed by atoms with van der Waals surface area (Å²) in [6, 6.07) is 5.94. The number of ether oxygens (including phenoxy) is 1. The minimum absolute atomic E-state index is 0.652. The van der Waals surface area contributed by atoms with E-state index in [9.17, 15) is 0 Å². The summed E-state index contributed by atoms with van der Waals surface area (Å²) in [6.45, 7) is 2.00. The fourth-order valence-electron chi connectivity index (χ4n) is 2.23. The number of benzene rings is 1. The molecule has 0 radical (unpaired) electrons. The third-order valence-corrected chi connectivity index (χ3v) is 3.17. The summed E-state index contributed by atoms with van der Waals surface area (Å²) in [6.07, 6.45) is 3.27. The molecular formula is C14H14N4O. The highest BCUT2D eigenvalue weighted by Crippen LogP contribution is 2.31. The summed E-state index contributed by atoms with van der Waals surface area (Å²) in [5.41, 5.74) is 10.3. The van der Waals surface area contributed by atoms with Crippen LogP contribution in [0.3, 0.4) is 0 Å². The van der Waals surface area contributed by atoms with Crippen LogP contribution >= 0.6 is 0 Å². The first-order valence-corrected chi connectivity index (χ1v) is 5.93. The van der Waals surface area contributed by atoms with Gasteiger partial charge in [0.15, 0.2) is 0 Å². The largest absolute Gasteiger partial charge is 0.496 e. The third-order valence-electron chi connectivity index (χ3n) is 3.17. The van der Waals surface area contributed by atoms with Gasteiger partial charge >= 0.3 is 0 Å². The van der Waals surface area contributed by atoms with E-state index < -0.39 is 0 Å². The second-order valence-electron chi connectivity index (χ2n) is 4.37. The summed E-state index contributed by atoms with van der Waals surface area (Å²) in [5.74, 6) is 0.857. The molecule has 0 aliphatic rings. The van der Waals surface area contributed by atoms with Crippen LogP contribution in [0.5, 0.6) is 5.75 Å². The van der Waals surface area contributed by atoms with Gasteiger partial charge in [-0.3, -0.25) is 0 Å². The van der Waals surface area contributed by atoms with E-state index in [1.54, 1.807) is 13.3 Å². The number of fused-ring (bicyclic) bond motifs is 1. The molecule has 2 heterocycles. The summed E-state index contributed by atoms with van der Waals surface area (Å²) >= 11 is 0. The van der Waals surface area contributed by atoms with Crippen molar-refractivity contribution in [3.05, 3.63) is 36.3 Å². The third kappa shape index (κ3) is 1.79. The van der Waals surface area contributed by atoms with Crippen LogP contribution in [0.2, 0.25) is 0 Å². The number of methoxy groups -OCH3 is 1. The van der Waals surface area contributed by atoms with Crippen molar-refractivity contribution in [3.63, 3.8) is 0 Å². The Morgan fingerprint density at radius 3 is 2.84 bits per heavy atom. The van der Waals surface area contributed by atoms with Gasteiger partial charge in [0.05, 0.1) is 23.9 Å². The lowest BCUT2D eigenvalue weighted by molar-refractivity contribution is 0.412. The number of rotatable bonds is 2. The van der Waals surface area contributed by atoms with Crippen LogP contribution in [0.25, 0.3) is 22.3 Å². The Morgan fingerprint density at radius 2 is 2.11 bits per heavy atom. The van der Waals surface area contributed by atoms with Gasteiger partial charge in [-0.05, 0) is 30.7 Å². The van der Waals surface area contributed by atoms with Crippen molar-refractivity contribution >= 4 is 16.7 Å². The summed E-state index contributed by atoms with van der Waals surface area (Å²) in [7, 11) is 1.66. The normalized spacial score (nSPS) is 10.8. The molecule has 0 unspecified atom stereocenters. The maximum atomic E-state index is 5.97. The van der Waals surface area contributed by atoms with Gasteiger partial charge in [-0.15, -0.1) is 0 Å². The number of nitrogen functional groups attached to an aromatic ring is 1. The Bertz CT molecular complexity index is 748. The van der Waals surface area contributed by atoms with Gasteiger partial charge in [-0.25, -0.2) is 9.97 Å². The van der Waals surface area contributed by atoms with Gasteiger partial charge < -0.3 is 15.5 Å². The molecule has 3 N–H and O–H groups in total. The lowest BCUT2D eigenvalue weighted by Crippen LogP contribution is -1.92. The van der Waals surface area contributed by atoms with Gasteiger partial charge in [0, 0.05) is 11.8 Å². The van der Waals surface area contributed by atoms with Crippen molar-refractivity contribution in [1.82, 2.24) is 15.0 Å². The Morgan fingerprint density at radius 1 is 1.26 bits per heavy atom. The number of aromatic amines is 1. The van der Waals surface area contributed by atoms with Crippen LogP contribution in [-0.4, -0.2) is 22.1 Å². The Balaban J connectivity index is 2.24. The first-order chi connectivity index (χ1) is 9.20. The number of nitrogens with two attached hydrogens (primary N) is 1. The van der Waals surface area contributed by atoms with Crippen molar-refractivity contribution in [2.75, 3.05) is 12.8 Å². The number of hydrogen-bond acceptors (Lipinski definition) is 4. The number of anilines is 1. The Labute approximate surface area is 110 Å². The van der Waals surface area contributed by atoms with Crippen molar-refractivity contribution in [3.8, 4) is 17.0 Å². The van der Waals surface area contributed by atoms with Crippen molar-refractivity contribution in [2.45, 2.75) is 6.92 Å². The molecule has 0 bridgehead atoms. The number of hydrogen-bond donors (Lipinski definition) is 2. The predicted octanol–water partition coefficient (Wildman–Crippen LogP) is 2.52. The highest BCUT2D eigenvalue weighted by Gasteiger charge is 2.11. The number of aromatic nitrogens is 3. The monoisotopic (exact) mass is 254 g/mol. The molecule has 0 aliphatic heterocycles. The molecule has 5 heteroatoms. The van der Waals surface area contributed by atoms with E-state index in [1.165, 1.54) is 6.33 Å². The highest BCUT2D eigenvalue weighted by atomic mass is 16.5. The highest BCUT2D eigenvalue weighted by molar-refractivity contribution is 5.99. The SMILES string of the molecule is COc1ccc(-c2ncnc3[nH]cc(N)c23)cc1C. The number of aryl methyl sites for hydroxylation is 1. The maximum absolute atomic E-state index is 5.97. The summed E-state index contributed by atoms with van der Waals surface area (Å²) in [5, 5.41) is 0.854. The molecule has 0 amide bonds. The number of nitrogens with one attached hydrogen (secondary N) is 1. The molecule has 0 fully saturated rings. The second kappa shape index (κ2) is 4.28. The van der Waals surface area contributed by atoms with Crippen LogP contribution in [0, 0.1) is 6.92 Å². The molecule has 96 valence electrons. The average molecular weight is 254 g/mol. The zero-order chi connectivity index (χ0) is 13.4. The van der Waals surface area contributed by atoms with Crippen molar-refractivity contribution < 1.29 is 4.74 Å². The van der Waals surface area contributed by atoms with Crippen molar-refractivity contribution in [2.24, 2.45) is 0 Å². The Hall–Kier alpha value is -2.56. The van der Waals surface area contributed by atoms with E-state index in [0.29, 0.717) is 5.69 Å². The fraction of sp³-hybridized carbons (Fsp3) is 0.143. The van der Waals surface area contributed by atoms with E-state index in [2.05, 4.69) is 15.0 Å². The topological polar surface area (TPSA) is 76.8 Å². The van der Waals surface area contributed by atoms with E-state index in [0.717, 1.165) is 33.6 Å². The van der Waals surface area contributed by atoms with Gasteiger partial charge in [-0.2, -0.15) is 0 Å². The lowest BCUT2D eigenvalue weighted by Gasteiger charge is -2.08. The van der Waals surface area contributed by atoms with E-state index in [1.807, 2.05) is 25.1 Å². The summed E-state index contributed by atoms with van der Waals surface area (Å²) in [4.78, 5) is 11.6. The van der Waals surface area contributed by atoms with Gasteiger partial charge in [0.2, 0.25) is 0 Å². The Kier molecular flexibility index (Phi) is 2.59. The molecule has 0 saturated heterocycles. The summed E-state index contributed by atoms with van der Waals surface area (Å²) < 4.78 is 5.27. The minimum atomic E-state index is 0.652. The van der Waals surface area contributed by atoms with E-state index in [4.69, 9.17) is 10.5 Å². The average Bonchev–Trinajstić information content (AvgIpc) is 2.81. The van der Waals surface area contributed by atoms with Crippen LogP contribution in [0.15, 0.2) is 30.7 Å². The van der Waals surface area contributed by atoms with Gasteiger partial charge in [0.1, 0.15) is 17.7 Å². The molecule has 2 aromatic heterocycles. The minimum Gasteiger partial charge on any atom is -0.496 e. The second-order valence-corrected chi connectivity index (χ2v) is 4.37. The molecular weight excluding hydrogens is 240 g/mol. The molecule has 0 spiro atoms. The van der Waals surface area contributed by atoms with Gasteiger partial charge in [0.25, 0.3) is 0 Å². The van der Waals surface area contributed by atoms with Crippen LogP contribution in [0.4, 0.5) is 5.69 Å². The molecule has 0 aliphatic carbocycles. The molecule has 19 heavy (non-hydrogen) atoms. The number of H-pyrrole nitrogens is 1. The van der Waals surface area contributed by atoms with Crippen LogP contribution < -0.4 is 10.5 Å². The number of nitrogens with zero attached hydrogens (tertiary/aromatic N) is 2. The fourth-order valence-corrected chi connectivity index (χ4v) is 2.23. The van der Waals surface area contributed by atoms with E-state index in [-0.39, 0.29) is 0 Å². The predicted molar refractivity (Wildman–Crippen MR) is 75.0 cm³/mol. The molecule has 3 aromatic rings. The first kappa shape index (κ1) is 11.5. The quantitative estimate of drug-likeness (QED) is 0.736. The smallest absolute Gasteiger partial charge is 0.143 e. The maximum Gasteiger partial charge on any atom is 0.143 e. The zero-order valence-corrected chi connectivity index (χ0v) is 10.8. The molecule has 3 rings (SSSR count). The van der Waals surface area contributed by atoms with Crippen molar-refractivity contribution in [1.29, 1.82) is 0 Å². The standard InChI is InChI=1S/C14H14N4O/c1-8-5-9(3-4-11(8)19-2)13-12-10(15)6-16-14(12)18-7-17-13/h3-7H,15H2,1-2H3,(H,16,17,18). The molecule has 0 saturated carbocycles.